The average molecular weight is 321 g/mol. The Balaban J connectivity index is 1.79. The summed E-state index contributed by atoms with van der Waals surface area (Å²) in [6.45, 7) is 3.38. The molecule has 1 fully saturated rings. The van der Waals surface area contributed by atoms with Gasteiger partial charge in [-0.05, 0) is 49.5 Å². The maximum absolute atomic E-state index is 14.7. The molecule has 23 heavy (non-hydrogen) atoms. The van der Waals surface area contributed by atoms with Gasteiger partial charge < -0.3 is 20.7 Å². The van der Waals surface area contributed by atoms with Crippen LogP contribution in [0, 0.1) is 11.2 Å². The smallest absolute Gasteiger partial charge is 0.232 e. The summed E-state index contributed by atoms with van der Waals surface area (Å²) in [5.41, 5.74) is 1.47. The molecule has 2 aliphatic heterocycles. The van der Waals surface area contributed by atoms with Gasteiger partial charge in [-0.15, -0.1) is 0 Å². The Labute approximate surface area is 136 Å². The van der Waals surface area contributed by atoms with Gasteiger partial charge in [0.25, 0.3) is 0 Å². The second-order valence-electron chi connectivity index (χ2n) is 6.40. The number of methoxy groups -OCH3 is 1. The van der Waals surface area contributed by atoms with Crippen molar-refractivity contribution < 1.29 is 13.9 Å². The second-order valence-corrected chi connectivity index (χ2v) is 6.40. The second kappa shape index (κ2) is 6.95. The molecule has 1 aromatic rings. The molecule has 126 valence electrons. The van der Waals surface area contributed by atoms with E-state index < -0.39 is 5.41 Å². The topological polar surface area (TPSA) is 62.4 Å². The van der Waals surface area contributed by atoms with Crippen molar-refractivity contribution in [1.29, 1.82) is 0 Å². The van der Waals surface area contributed by atoms with Crippen LogP contribution in [-0.4, -0.2) is 39.3 Å². The molecule has 1 amide bonds. The number of carbonyl (C=O) groups is 1. The van der Waals surface area contributed by atoms with Crippen molar-refractivity contribution in [3.63, 3.8) is 0 Å². The molecule has 5 nitrogen and oxygen atoms in total. The van der Waals surface area contributed by atoms with Crippen LogP contribution in [0.25, 0.3) is 0 Å². The summed E-state index contributed by atoms with van der Waals surface area (Å²) >= 11 is 0. The Kier molecular flexibility index (Phi) is 4.94. The van der Waals surface area contributed by atoms with Crippen LogP contribution in [0.15, 0.2) is 12.1 Å². The number of hydrogen-bond acceptors (Lipinski definition) is 4. The number of halogens is 1. The van der Waals surface area contributed by atoms with Crippen molar-refractivity contribution in [3.05, 3.63) is 29.1 Å². The van der Waals surface area contributed by atoms with Crippen LogP contribution in [0.5, 0.6) is 0 Å². The quantitative estimate of drug-likeness (QED) is 0.768. The molecule has 0 spiro atoms. The number of hydrogen-bond donors (Lipinski definition) is 3. The summed E-state index contributed by atoms with van der Waals surface area (Å²) in [4.78, 5) is 12.8. The molecule has 0 aliphatic carbocycles. The van der Waals surface area contributed by atoms with Gasteiger partial charge in [-0.1, -0.05) is 6.07 Å². The number of anilines is 1. The van der Waals surface area contributed by atoms with Crippen molar-refractivity contribution in [3.8, 4) is 0 Å². The molecular weight excluding hydrogens is 297 g/mol. The Bertz CT molecular complexity index is 585. The number of fused-ring (bicyclic) bond motifs is 1. The van der Waals surface area contributed by atoms with E-state index in [1.807, 2.05) is 6.07 Å². The highest BCUT2D eigenvalue weighted by molar-refractivity contribution is 5.96. The third-order valence-corrected chi connectivity index (χ3v) is 4.97. The molecule has 1 atom stereocenters. The molecule has 3 rings (SSSR count). The summed E-state index contributed by atoms with van der Waals surface area (Å²) in [5.74, 6) is -0.405. The Hall–Kier alpha value is -1.50. The Morgan fingerprint density at radius 3 is 3.00 bits per heavy atom. The van der Waals surface area contributed by atoms with Gasteiger partial charge in [0.15, 0.2) is 0 Å². The zero-order valence-corrected chi connectivity index (χ0v) is 13.5. The van der Waals surface area contributed by atoms with Crippen LogP contribution in [0.1, 0.15) is 24.0 Å². The zero-order valence-electron chi connectivity index (χ0n) is 13.5. The molecule has 3 N–H and O–H groups in total. The number of nitrogens with one attached hydrogen (secondary N) is 3. The van der Waals surface area contributed by atoms with E-state index in [2.05, 4.69) is 16.0 Å². The standard InChI is InChI=1S/C17H24FN3O2/c1-23-9-6-17(5-8-20-11-17)16(22)21-14-3-2-12-10-19-7-4-13(12)15(14)18/h2-3,19-20H,4-11H2,1H3,(H,21,22). The molecule has 1 saturated heterocycles. The molecule has 0 bridgehead atoms. The van der Waals surface area contributed by atoms with Crippen LogP contribution >= 0.6 is 0 Å². The maximum Gasteiger partial charge on any atom is 0.232 e. The first-order chi connectivity index (χ1) is 11.2. The van der Waals surface area contributed by atoms with Crippen LogP contribution in [0.4, 0.5) is 10.1 Å². The lowest BCUT2D eigenvalue weighted by atomic mass is 9.82. The molecule has 0 aromatic heterocycles. The lowest BCUT2D eigenvalue weighted by Crippen LogP contribution is -2.39. The predicted molar refractivity (Wildman–Crippen MR) is 86.9 cm³/mol. The summed E-state index contributed by atoms with van der Waals surface area (Å²) in [7, 11) is 1.63. The minimum absolute atomic E-state index is 0.118. The van der Waals surface area contributed by atoms with Crippen molar-refractivity contribution in [2.24, 2.45) is 5.41 Å². The van der Waals surface area contributed by atoms with Gasteiger partial charge in [0, 0.05) is 26.8 Å². The highest BCUT2D eigenvalue weighted by atomic mass is 19.1. The Morgan fingerprint density at radius 1 is 1.39 bits per heavy atom. The van der Waals surface area contributed by atoms with Gasteiger partial charge in [-0.25, -0.2) is 4.39 Å². The number of rotatable bonds is 5. The average Bonchev–Trinajstić information content (AvgIpc) is 3.06. The van der Waals surface area contributed by atoms with Crippen molar-refractivity contribution in [2.75, 3.05) is 38.7 Å². The van der Waals surface area contributed by atoms with E-state index in [-0.39, 0.29) is 11.7 Å². The van der Waals surface area contributed by atoms with Crippen LogP contribution in [0.3, 0.4) is 0 Å². The van der Waals surface area contributed by atoms with E-state index in [1.165, 1.54) is 0 Å². The molecule has 1 unspecified atom stereocenters. The van der Waals surface area contributed by atoms with Crippen molar-refractivity contribution in [1.82, 2.24) is 10.6 Å². The highest BCUT2D eigenvalue weighted by Crippen LogP contribution is 2.32. The van der Waals surface area contributed by atoms with Gasteiger partial charge in [0.05, 0.1) is 11.1 Å². The number of carbonyl (C=O) groups excluding carboxylic acids is 1. The summed E-state index contributed by atoms with van der Waals surface area (Å²) < 4.78 is 19.8. The van der Waals surface area contributed by atoms with E-state index in [0.29, 0.717) is 38.2 Å². The van der Waals surface area contributed by atoms with E-state index in [0.717, 1.165) is 30.6 Å². The molecule has 6 heteroatoms. The predicted octanol–water partition coefficient (Wildman–Crippen LogP) is 1.43. The summed E-state index contributed by atoms with van der Waals surface area (Å²) in [6, 6.07) is 3.57. The fourth-order valence-corrected chi connectivity index (χ4v) is 3.45. The minimum Gasteiger partial charge on any atom is -0.385 e. The minimum atomic E-state index is -0.514. The zero-order chi connectivity index (χ0) is 16.3. The fraction of sp³-hybridized carbons (Fsp3) is 0.588. The fourth-order valence-electron chi connectivity index (χ4n) is 3.45. The van der Waals surface area contributed by atoms with Gasteiger partial charge >= 0.3 is 0 Å². The van der Waals surface area contributed by atoms with Gasteiger partial charge in [0.1, 0.15) is 5.82 Å². The third-order valence-electron chi connectivity index (χ3n) is 4.97. The van der Waals surface area contributed by atoms with E-state index in [4.69, 9.17) is 4.74 Å². The normalized spacial score (nSPS) is 23.6. The maximum atomic E-state index is 14.7. The molecule has 2 aliphatic rings. The van der Waals surface area contributed by atoms with Crippen LogP contribution < -0.4 is 16.0 Å². The summed E-state index contributed by atoms with van der Waals surface area (Å²) in [6.07, 6.45) is 2.04. The monoisotopic (exact) mass is 321 g/mol. The Morgan fingerprint density at radius 2 is 2.26 bits per heavy atom. The van der Waals surface area contributed by atoms with Gasteiger partial charge in [0.2, 0.25) is 5.91 Å². The van der Waals surface area contributed by atoms with Crippen molar-refractivity contribution >= 4 is 11.6 Å². The number of ether oxygens (including phenoxy) is 1. The third kappa shape index (κ3) is 3.24. The van der Waals surface area contributed by atoms with E-state index >= 15 is 0 Å². The highest BCUT2D eigenvalue weighted by Gasteiger charge is 2.41. The molecule has 0 saturated carbocycles. The molecule has 2 heterocycles. The first kappa shape index (κ1) is 16.4. The lowest BCUT2D eigenvalue weighted by Gasteiger charge is -2.27. The SMILES string of the molecule is COCCC1(C(=O)Nc2ccc3c(c2F)CCNC3)CCNC1. The van der Waals surface area contributed by atoms with Crippen molar-refractivity contribution in [2.45, 2.75) is 25.8 Å². The molecule has 0 radical (unpaired) electrons. The van der Waals surface area contributed by atoms with Crippen LogP contribution in [-0.2, 0) is 22.5 Å². The van der Waals surface area contributed by atoms with Crippen LogP contribution in [0.2, 0.25) is 0 Å². The van der Waals surface area contributed by atoms with Gasteiger partial charge in [-0.3, -0.25) is 4.79 Å². The number of benzene rings is 1. The number of amides is 1. The van der Waals surface area contributed by atoms with E-state index in [1.54, 1.807) is 13.2 Å². The largest absolute Gasteiger partial charge is 0.385 e. The molecular formula is C17H24FN3O2. The van der Waals surface area contributed by atoms with E-state index in [9.17, 15) is 9.18 Å². The van der Waals surface area contributed by atoms with Gasteiger partial charge in [-0.2, -0.15) is 0 Å². The summed E-state index contributed by atoms with van der Waals surface area (Å²) in [5, 5.41) is 9.28. The first-order valence-electron chi connectivity index (χ1n) is 8.18. The first-order valence-corrected chi connectivity index (χ1v) is 8.18. The lowest BCUT2D eigenvalue weighted by molar-refractivity contribution is -0.125. The molecule has 1 aromatic carbocycles.